The molecular weight excluding hydrogens is 343 g/mol. The van der Waals surface area contributed by atoms with Crippen molar-refractivity contribution in [2.75, 3.05) is 4.90 Å². The number of pyridine rings is 1. The third-order valence-corrected chi connectivity index (χ3v) is 5.27. The van der Waals surface area contributed by atoms with Crippen molar-refractivity contribution in [1.29, 1.82) is 0 Å². The molecule has 1 fully saturated rings. The largest absolute Gasteiger partial charge is 0.274 e. The summed E-state index contributed by atoms with van der Waals surface area (Å²) >= 11 is 12.1. The van der Waals surface area contributed by atoms with E-state index >= 15 is 0 Å². The Kier molecular flexibility index (Phi) is 5.75. The molecule has 2 aromatic rings. The predicted molar refractivity (Wildman–Crippen MR) is 99.0 cm³/mol. The summed E-state index contributed by atoms with van der Waals surface area (Å²) in [5.41, 5.74) is 0.694. The molecule has 1 aliphatic rings. The van der Waals surface area contributed by atoms with Gasteiger partial charge in [0.2, 0.25) is 5.91 Å². The van der Waals surface area contributed by atoms with Crippen molar-refractivity contribution in [2.45, 2.75) is 38.5 Å². The molecule has 24 heavy (non-hydrogen) atoms. The first-order valence-electron chi connectivity index (χ1n) is 8.34. The Balaban J connectivity index is 1.84. The van der Waals surface area contributed by atoms with Crippen LogP contribution in [0.1, 0.15) is 38.5 Å². The molecule has 0 saturated heterocycles. The van der Waals surface area contributed by atoms with Crippen LogP contribution in [0, 0.1) is 5.92 Å². The lowest BCUT2D eigenvalue weighted by Gasteiger charge is -2.23. The summed E-state index contributed by atoms with van der Waals surface area (Å²) in [6.45, 7) is 0. The number of carbonyl (C=O) groups is 1. The average molecular weight is 363 g/mol. The van der Waals surface area contributed by atoms with E-state index in [0.717, 1.165) is 6.42 Å². The SMILES string of the molecule is O=C(CCC1CCCC1)N(c1ccc(Cl)c(Cl)c1)c1ccccn1. The molecule has 0 N–H and O–H groups in total. The van der Waals surface area contributed by atoms with Crippen LogP contribution in [0.2, 0.25) is 10.0 Å². The Morgan fingerprint density at radius 2 is 1.92 bits per heavy atom. The normalized spacial score (nSPS) is 14.8. The van der Waals surface area contributed by atoms with Gasteiger partial charge in [0, 0.05) is 12.6 Å². The fourth-order valence-corrected chi connectivity index (χ4v) is 3.54. The monoisotopic (exact) mass is 362 g/mol. The second-order valence-corrected chi connectivity index (χ2v) is 7.02. The van der Waals surface area contributed by atoms with Gasteiger partial charge in [-0.3, -0.25) is 9.69 Å². The maximum absolute atomic E-state index is 12.9. The molecule has 1 heterocycles. The summed E-state index contributed by atoms with van der Waals surface area (Å²) in [6.07, 6.45) is 8.19. The quantitative estimate of drug-likeness (QED) is 0.650. The van der Waals surface area contributed by atoms with Crippen molar-refractivity contribution in [2.24, 2.45) is 5.92 Å². The van der Waals surface area contributed by atoms with Crippen LogP contribution >= 0.6 is 23.2 Å². The Morgan fingerprint density at radius 3 is 2.58 bits per heavy atom. The molecule has 1 amide bonds. The predicted octanol–water partition coefficient (Wildman–Crippen LogP) is 6.02. The van der Waals surface area contributed by atoms with E-state index in [0.29, 0.717) is 33.9 Å². The second-order valence-electron chi connectivity index (χ2n) is 6.20. The van der Waals surface area contributed by atoms with Crippen LogP contribution in [0.25, 0.3) is 0 Å². The van der Waals surface area contributed by atoms with E-state index < -0.39 is 0 Å². The van der Waals surface area contributed by atoms with E-state index in [1.54, 1.807) is 29.3 Å². The molecule has 126 valence electrons. The van der Waals surface area contributed by atoms with E-state index in [2.05, 4.69) is 4.98 Å². The van der Waals surface area contributed by atoms with Crippen LogP contribution in [0.15, 0.2) is 42.6 Å². The number of halogens is 2. The standard InChI is InChI=1S/C19H20Cl2N2O/c20-16-10-9-15(13-17(16)21)23(18-7-3-4-12-22-18)19(24)11-8-14-5-1-2-6-14/h3-4,7,9-10,12-14H,1-2,5-6,8,11H2. The lowest BCUT2D eigenvalue weighted by molar-refractivity contribution is -0.118. The molecule has 1 aliphatic carbocycles. The lowest BCUT2D eigenvalue weighted by atomic mass is 10.0. The van der Waals surface area contributed by atoms with Gasteiger partial charge < -0.3 is 0 Å². The van der Waals surface area contributed by atoms with E-state index in [-0.39, 0.29) is 5.91 Å². The van der Waals surface area contributed by atoms with Crippen molar-refractivity contribution < 1.29 is 4.79 Å². The lowest BCUT2D eigenvalue weighted by Crippen LogP contribution is -2.27. The van der Waals surface area contributed by atoms with Crippen molar-refractivity contribution >= 4 is 40.6 Å². The number of nitrogens with zero attached hydrogens (tertiary/aromatic N) is 2. The van der Waals surface area contributed by atoms with Gasteiger partial charge in [-0.1, -0.05) is 55.0 Å². The highest BCUT2D eigenvalue weighted by Crippen LogP contribution is 2.33. The number of benzene rings is 1. The molecular formula is C19H20Cl2N2O. The minimum atomic E-state index is 0.0407. The number of anilines is 2. The van der Waals surface area contributed by atoms with Gasteiger partial charge in [0.15, 0.2) is 0 Å². The van der Waals surface area contributed by atoms with E-state index in [9.17, 15) is 4.79 Å². The first kappa shape index (κ1) is 17.2. The maximum atomic E-state index is 12.9. The molecule has 3 nitrogen and oxygen atoms in total. The van der Waals surface area contributed by atoms with Crippen molar-refractivity contribution in [3.8, 4) is 0 Å². The molecule has 0 aliphatic heterocycles. The molecule has 0 radical (unpaired) electrons. The summed E-state index contributed by atoms with van der Waals surface area (Å²) in [4.78, 5) is 18.9. The minimum absolute atomic E-state index is 0.0407. The Hall–Kier alpha value is -1.58. The van der Waals surface area contributed by atoms with Crippen LogP contribution in [-0.2, 0) is 4.79 Å². The topological polar surface area (TPSA) is 33.2 Å². The Bertz CT molecular complexity index is 700. The summed E-state index contributed by atoms with van der Waals surface area (Å²) < 4.78 is 0. The van der Waals surface area contributed by atoms with Crippen molar-refractivity contribution in [3.63, 3.8) is 0 Å². The zero-order valence-electron chi connectivity index (χ0n) is 13.4. The van der Waals surface area contributed by atoms with Gasteiger partial charge >= 0.3 is 0 Å². The van der Waals surface area contributed by atoms with Gasteiger partial charge in [-0.15, -0.1) is 0 Å². The minimum Gasteiger partial charge on any atom is -0.274 e. The molecule has 1 aromatic carbocycles. The van der Waals surface area contributed by atoms with Crippen LogP contribution in [-0.4, -0.2) is 10.9 Å². The van der Waals surface area contributed by atoms with Crippen LogP contribution < -0.4 is 4.90 Å². The van der Waals surface area contributed by atoms with Gasteiger partial charge in [-0.25, -0.2) is 4.98 Å². The van der Waals surface area contributed by atoms with Gasteiger partial charge in [0.1, 0.15) is 5.82 Å². The third kappa shape index (κ3) is 4.08. The highest BCUT2D eigenvalue weighted by atomic mass is 35.5. The zero-order valence-corrected chi connectivity index (χ0v) is 14.9. The average Bonchev–Trinajstić information content (AvgIpc) is 3.11. The fraction of sp³-hybridized carbons (Fsp3) is 0.368. The molecule has 3 rings (SSSR count). The van der Waals surface area contributed by atoms with Crippen molar-refractivity contribution in [1.82, 2.24) is 4.98 Å². The van der Waals surface area contributed by atoms with Crippen LogP contribution in [0.3, 0.4) is 0 Å². The molecule has 1 aromatic heterocycles. The third-order valence-electron chi connectivity index (χ3n) is 4.53. The summed E-state index contributed by atoms with van der Waals surface area (Å²) in [5.74, 6) is 1.32. The number of hydrogen-bond acceptors (Lipinski definition) is 2. The molecule has 0 unspecified atom stereocenters. The number of amides is 1. The summed E-state index contributed by atoms with van der Waals surface area (Å²) in [7, 11) is 0. The van der Waals surface area contributed by atoms with E-state index in [4.69, 9.17) is 23.2 Å². The number of aromatic nitrogens is 1. The number of hydrogen-bond donors (Lipinski definition) is 0. The molecule has 0 bridgehead atoms. The zero-order chi connectivity index (χ0) is 16.9. The smallest absolute Gasteiger partial charge is 0.232 e. The van der Waals surface area contributed by atoms with Crippen molar-refractivity contribution in [3.05, 3.63) is 52.6 Å². The molecule has 1 saturated carbocycles. The number of rotatable bonds is 5. The first-order chi connectivity index (χ1) is 11.6. The highest BCUT2D eigenvalue weighted by Gasteiger charge is 2.22. The maximum Gasteiger partial charge on any atom is 0.232 e. The second kappa shape index (κ2) is 8.00. The van der Waals surface area contributed by atoms with Crippen LogP contribution in [0.4, 0.5) is 11.5 Å². The molecule has 5 heteroatoms. The Labute approximate surface area is 152 Å². The first-order valence-corrected chi connectivity index (χ1v) is 9.10. The van der Waals surface area contributed by atoms with Gasteiger partial charge in [-0.2, -0.15) is 0 Å². The Morgan fingerprint density at radius 1 is 1.12 bits per heavy atom. The van der Waals surface area contributed by atoms with E-state index in [1.165, 1.54) is 25.7 Å². The molecule has 0 spiro atoms. The van der Waals surface area contributed by atoms with E-state index in [1.807, 2.05) is 18.2 Å². The fourth-order valence-electron chi connectivity index (χ4n) is 3.25. The number of carbonyl (C=O) groups excluding carboxylic acids is 1. The van der Waals surface area contributed by atoms with Gasteiger partial charge in [0.05, 0.1) is 15.7 Å². The van der Waals surface area contributed by atoms with Gasteiger partial charge in [0.25, 0.3) is 0 Å². The highest BCUT2D eigenvalue weighted by molar-refractivity contribution is 6.42. The van der Waals surface area contributed by atoms with Crippen LogP contribution in [0.5, 0.6) is 0 Å². The van der Waals surface area contributed by atoms with Gasteiger partial charge in [-0.05, 0) is 42.7 Å². The summed E-state index contributed by atoms with van der Waals surface area (Å²) in [5, 5.41) is 0.901. The summed E-state index contributed by atoms with van der Waals surface area (Å²) in [6, 6.07) is 10.8. The molecule has 0 atom stereocenters.